The molecule has 5 nitrogen and oxygen atoms in total. The highest BCUT2D eigenvalue weighted by molar-refractivity contribution is 7.92. The number of hydrogen-bond acceptors (Lipinski definition) is 5. The van der Waals surface area contributed by atoms with Crippen LogP contribution < -0.4 is 0 Å². The monoisotopic (exact) mass is 423 g/mol. The molecule has 0 heterocycles. The zero-order valence-corrected chi connectivity index (χ0v) is 16.6. The second-order valence-electron chi connectivity index (χ2n) is 6.15. The molecule has 1 saturated carbocycles. The minimum Gasteiger partial charge on any atom is -0.465 e. The number of halogens is 2. The molecule has 0 radical (unpaired) electrons. The number of nitrogens with zero attached hydrogens (tertiary/aromatic N) is 1. The van der Waals surface area contributed by atoms with Gasteiger partial charge >= 0.3 is 5.97 Å². The molecule has 2 aromatic rings. The van der Waals surface area contributed by atoms with E-state index in [4.69, 9.17) is 27.9 Å². The summed E-state index contributed by atoms with van der Waals surface area (Å²) in [6, 6.07) is 14.0. The van der Waals surface area contributed by atoms with Crippen LogP contribution in [0, 0.1) is 16.7 Å². The van der Waals surface area contributed by atoms with Crippen molar-refractivity contribution in [3.8, 4) is 6.07 Å². The highest BCUT2D eigenvalue weighted by Crippen LogP contribution is 2.64. The van der Waals surface area contributed by atoms with Crippen molar-refractivity contribution in [2.75, 3.05) is 6.61 Å². The summed E-state index contributed by atoms with van der Waals surface area (Å²) >= 11 is 11.9. The normalized spacial score (nSPS) is 24.1. The summed E-state index contributed by atoms with van der Waals surface area (Å²) in [4.78, 5) is 12.6. The number of carbonyl (C=O) groups excluding carboxylic acids is 1. The molecule has 0 N–H and O–H groups in total. The number of benzene rings is 2. The van der Waals surface area contributed by atoms with Gasteiger partial charge in [0.15, 0.2) is 15.3 Å². The smallest absolute Gasteiger partial charge is 0.328 e. The van der Waals surface area contributed by atoms with Crippen molar-refractivity contribution < 1.29 is 17.9 Å². The van der Waals surface area contributed by atoms with Gasteiger partial charge in [-0.2, -0.15) is 5.26 Å². The van der Waals surface area contributed by atoms with Gasteiger partial charge in [0.1, 0.15) is 5.25 Å². The molecule has 27 heavy (non-hydrogen) atoms. The molecular formula is C19H15Cl2NO4S. The van der Waals surface area contributed by atoms with Gasteiger partial charge in [0.2, 0.25) is 0 Å². The lowest BCUT2D eigenvalue weighted by molar-refractivity contribution is -0.147. The summed E-state index contributed by atoms with van der Waals surface area (Å²) in [7, 11) is -4.00. The standard InChI is InChI=1S/C19H15Cl2NO4S/c1-2-26-18(23)19(11-22)16(12-4-3-5-14(21)10-12)17(19)27(24,25)15-8-6-13(20)7-9-15/h3-10,16-17H,2H2,1H3/t16-,17+,19+/m0/s1. The molecule has 1 aliphatic carbocycles. The van der Waals surface area contributed by atoms with E-state index in [1.807, 2.05) is 6.07 Å². The summed E-state index contributed by atoms with van der Waals surface area (Å²) in [6.07, 6.45) is 0. The van der Waals surface area contributed by atoms with Crippen molar-refractivity contribution in [2.45, 2.75) is 23.0 Å². The SMILES string of the molecule is CCOC(=O)[C@@]1(C#N)[C@H](S(=O)(=O)c2ccc(Cl)cc2)[C@@H]1c1cccc(Cl)c1. The van der Waals surface area contributed by atoms with E-state index in [0.717, 1.165) is 0 Å². The number of ether oxygens (including phenoxy) is 1. The van der Waals surface area contributed by atoms with Crippen molar-refractivity contribution in [3.05, 3.63) is 64.1 Å². The van der Waals surface area contributed by atoms with Gasteiger partial charge in [-0.15, -0.1) is 0 Å². The first-order chi connectivity index (χ1) is 12.8. The Morgan fingerprint density at radius 2 is 1.85 bits per heavy atom. The van der Waals surface area contributed by atoms with Crippen LogP contribution in [0.15, 0.2) is 53.4 Å². The van der Waals surface area contributed by atoms with Gasteiger partial charge in [0.25, 0.3) is 0 Å². The molecule has 0 amide bonds. The Hall–Kier alpha value is -2.07. The van der Waals surface area contributed by atoms with Gasteiger partial charge < -0.3 is 4.74 Å². The van der Waals surface area contributed by atoms with Gasteiger partial charge in [-0.05, 0) is 48.9 Å². The van der Waals surface area contributed by atoms with Crippen molar-refractivity contribution in [2.24, 2.45) is 5.41 Å². The number of hydrogen-bond donors (Lipinski definition) is 0. The van der Waals surface area contributed by atoms with Crippen LogP contribution in [-0.4, -0.2) is 26.2 Å². The molecule has 0 saturated heterocycles. The van der Waals surface area contributed by atoms with Crippen molar-refractivity contribution >= 4 is 39.0 Å². The number of nitriles is 1. The molecule has 0 bridgehead atoms. The minimum absolute atomic E-state index is 0.00893. The Morgan fingerprint density at radius 3 is 2.41 bits per heavy atom. The number of rotatable bonds is 5. The van der Waals surface area contributed by atoms with E-state index in [1.54, 1.807) is 31.2 Å². The first-order valence-electron chi connectivity index (χ1n) is 8.12. The molecular weight excluding hydrogens is 409 g/mol. The zero-order chi connectivity index (χ0) is 19.8. The van der Waals surface area contributed by atoms with Crippen LogP contribution in [0.3, 0.4) is 0 Å². The molecule has 0 aromatic heterocycles. The third kappa shape index (κ3) is 3.20. The predicted molar refractivity (Wildman–Crippen MR) is 101 cm³/mol. The van der Waals surface area contributed by atoms with E-state index >= 15 is 0 Å². The quantitative estimate of drug-likeness (QED) is 0.678. The Labute approximate surface area is 167 Å². The molecule has 3 atom stereocenters. The maximum absolute atomic E-state index is 13.2. The topological polar surface area (TPSA) is 84.2 Å². The first-order valence-corrected chi connectivity index (χ1v) is 10.4. The maximum atomic E-state index is 13.2. The Morgan fingerprint density at radius 1 is 1.19 bits per heavy atom. The fourth-order valence-corrected chi connectivity index (χ4v) is 5.93. The molecule has 0 unspecified atom stereocenters. The lowest BCUT2D eigenvalue weighted by Gasteiger charge is -2.09. The van der Waals surface area contributed by atoms with Crippen LogP contribution in [0.2, 0.25) is 10.0 Å². The number of sulfone groups is 1. The predicted octanol–water partition coefficient (Wildman–Crippen LogP) is 4.01. The van der Waals surface area contributed by atoms with Gasteiger partial charge in [-0.25, -0.2) is 8.42 Å². The van der Waals surface area contributed by atoms with Crippen LogP contribution >= 0.6 is 23.2 Å². The van der Waals surface area contributed by atoms with Crippen LogP contribution in [-0.2, 0) is 19.4 Å². The summed E-state index contributed by atoms with van der Waals surface area (Å²) in [5.74, 6) is -1.72. The van der Waals surface area contributed by atoms with Gasteiger partial charge in [0, 0.05) is 16.0 Å². The van der Waals surface area contributed by atoms with Gasteiger partial charge in [0.05, 0.1) is 17.6 Å². The summed E-state index contributed by atoms with van der Waals surface area (Å²) in [5.41, 5.74) is -1.32. The van der Waals surface area contributed by atoms with E-state index in [2.05, 4.69) is 0 Å². The molecule has 0 aliphatic heterocycles. The molecule has 1 fully saturated rings. The third-order valence-electron chi connectivity index (χ3n) is 4.62. The van der Waals surface area contributed by atoms with Crippen LogP contribution in [0.5, 0.6) is 0 Å². The Kier molecular flexibility index (Phi) is 5.22. The Bertz CT molecular complexity index is 1030. The highest BCUT2D eigenvalue weighted by Gasteiger charge is 2.77. The summed E-state index contributed by atoms with van der Waals surface area (Å²) in [5, 5.41) is 9.31. The van der Waals surface area contributed by atoms with Crippen molar-refractivity contribution in [3.63, 3.8) is 0 Å². The minimum atomic E-state index is -4.00. The highest BCUT2D eigenvalue weighted by atomic mass is 35.5. The Balaban J connectivity index is 2.14. The lowest BCUT2D eigenvalue weighted by atomic mass is 10.0. The van der Waals surface area contributed by atoms with Gasteiger partial charge in [-0.3, -0.25) is 4.79 Å². The molecule has 2 aromatic carbocycles. The van der Waals surface area contributed by atoms with Crippen LogP contribution in [0.4, 0.5) is 0 Å². The molecule has 8 heteroatoms. The van der Waals surface area contributed by atoms with E-state index in [0.29, 0.717) is 15.6 Å². The van der Waals surface area contributed by atoms with Gasteiger partial charge in [-0.1, -0.05) is 35.3 Å². The lowest BCUT2D eigenvalue weighted by Crippen LogP contribution is -2.25. The summed E-state index contributed by atoms with van der Waals surface area (Å²) in [6.45, 7) is 1.64. The summed E-state index contributed by atoms with van der Waals surface area (Å²) < 4.78 is 31.5. The molecule has 1 aliphatic rings. The van der Waals surface area contributed by atoms with Crippen LogP contribution in [0.25, 0.3) is 0 Å². The van der Waals surface area contributed by atoms with Crippen molar-refractivity contribution in [1.82, 2.24) is 0 Å². The second kappa shape index (κ2) is 7.16. The second-order valence-corrected chi connectivity index (χ2v) is 9.10. The first kappa shape index (κ1) is 19.7. The number of carbonyl (C=O) groups is 1. The zero-order valence-electron chi connectivity index (χ0n) is 14.2. The molecule has 0 spiro atoms. The molecule has 140 valence electrons. The average Bonchev–Trinajstić information content (AvgIpc) is 3.34. The van der Waals surface area contributed by atoms with E-state index in [1.165, 1.54) is 24.3 Å². The fraction of sp³-hybridized carbons (Fsp3) is 0.263. The number of esters is 1. The third-order valence-corrected chi connectivity index (χ3v) is 7.34. The van der Waals surface area contributed by atoms with E-state index in [9.17, 15) is 18.5 Å². The van der Waals surface area contributed by atoms with E-state index in [-0.39, 0.29) is 11.5 Å². The van der Waals surface area contributed by atoms with Crippen LogP contribution in [0.1, 0.15) is 18.4 Å². The largest absolute Gasteiger partial charge is 0.465 e. The maximum Gasteiger partial charge on any atom is 0.328 e. The fourth-order valence-electron chi connectivity index (χ4n) is 3.36. The van der Waals surface area contributed by atoms with Crippen molar-refractivity contribution in [1.29, 1.82) is 5.26 Å². The average molecular weight is 424 g/mol. The van der Waals surface area contributed by atoms with E-state index < -0.39 is 32.4 Å². The molecule has 3 rings (SSSR count).